The maximum Gasteiger partial charge on any atom is 0.187 e. The Morgan fingerprint density at radius 3 is 2.39 bits per heavy atom. The third-order valence-corrected chi connectivity index (χ3v) is 5.86. The first-order valence-electron chi connectivity index (χ1n) is 9.47. The smallest absolute Gasteiger partial charge is 0.187 e. The summed E-state index contributed by atoms with van der Waals surface area (Å²) in [5.74, 6) is -0.674. The van der Waals surface area contributed by atoms with E-state index in [1.54, 1.807) is 20.8 Å². The van der Waals surface area contributed by atoms with Gasteiger partial charge in [-0.05, 0) is 6.92 Å². The molecule has 0 aromatic rings. The Bertz CT molecular complexity index is 576. The lowest BCUT2D eigenvalue weighted by Gasteiger charge is -2.48. The number of ether oxygens (including phenoxy) is 2. The number of ketones is 1. The Morgan fingerprint density at radius 2 is 1.82 bits per heavy atom. The Labute approximate surface area is 164 Å². The molecule has 0 aromatic heterocycles. The van der Waals surface area contributed by atoms with Crippen molar-refractivity contribution >= 4 is 5.78 Å². The van der Waals surface area contributed by atoms with Crippen LogP contribution in [-0.4, -0.2) is 92.0 Å². The van der Waals surface area contributed by atoms with Crippen molar-refractivity contribution in [1.82, 2.24) is 0 Å². The van der Waals surface area contributed by atoms with Crippen LogP contribution in [0, 0.1) is 11.3 Å². The van der Waals surface area contributed by atoms with Crippen molar-refractivity contribution in [1.29, 1.82) is 0 Å². The molecule has 1 saturated carbocycles. The molecule has 6 N–H and O–H groups in total. The van der Waals surface area contributed by atoms with Gasteiger partial charge in [-0.3, -0.25) is 4.79 Å². The van der Waals surface area contributed by atoms with Crippen molar-refractivity contribution in [2.45, 2.75) is 76.0 Å². The van der Waals surface area contributed by atoms with E-state index < -0.39 is 60.4 Å². The average Bonchev–Trinajstić information content (AvgIpc) is 2.63. The minimum Gasteiger partial charge on any atom is -0.396 e. The molecule has 1 heterocycles. The van der Waals surface area contributed by atoms with Gasteiger partial charge in [0.1, 0.15) is 30.2 Å². The summed E-state index contributed by atoms with van der Waals surface area (Å²) < 4.78 is 10.9. The molecule has 0 unspecified atom stereocenters. The van der Waals surface area contributed by atoms with Gasteiger partial charge in [-0.15, -0.1) is 0 Å². The van der Waals surface area contributed by atoms with Crippen molar-refractivity contribution in [3.63, 3.8) is 0 Å². The van der Waals surface area contributed by atoms with Gasteiger partial charge in [-0.2, -0.15) is 0 Å². The second kappa shape index (κ2) is 8.85. The molecule has 8 atom stereocenters. The first kappa shape index (κ1) is 23.4. The third-order valence-electron chi connectivity index (χ3n) is 5.86. The van der Waals surface area contributed by atoms with Crippen LogP contribution in [0.25, 0.3) is 0 Å². The number of hydrogen-bond acceptors (Lipinski definition) is 9. The summed E-state index contributed by atoms with van der Waals surface area (Å²) in [6, 6.07) is 0. The van der Waals surface area contributed by atoms with Crippen LogP contribution < -0.4 is 0 Å². The predicted molar refractivity (Wildman–Crippen MR) is 97.0 cm³/mol. The SMILES string of the molecule is C[C@H](/C=C/[C@@]1(O)[C@H](CO)CC(=O)CC1(C)C)O[C@H]1O[C@@H](CO)[C@H](O)[C@@H](O)[C@@H]1O. The highest BCUT2D eigenvalue weighted by molar-refractivity contribution is 5.81. The number of Topliss-reactive ketones (excluding diaryl/α,β-unsaturated/α-hetero) is 1. The minimum atomic E-state index is -1.54. The van der Waals surface area contributed by atoms with Gasteiger partial charge < -0.3 is 40.1 Å². The largest absolute Gasteiger partial charge is 0.396 e. The van der Waals surface area contributed by atoms with Gasteiger partial charge >= 0.3 is 0 Å². The number of aliphatic hydroxyl groups is 6. The standard InChI is InChI=1S/C19H32O9/c1-10(27-17-16(25)15(24)14(23)13(9-21)28-17)4-5-19(26)11(8-20)6-12(22)7-18(19,2)3/h4-5,10-11,13-17,20-21,23-26H,6-9H2,1-3H3/b5-4+/t10-,11+,13+,14+,15-,16+,17+,19-/m1/s1. The van der Waals surface area contributed by atoms with Crippen LogP contribution in [0.4, 0.5) is 0 Å². The number of carbonyl (C=O) groups excluding carboxylic acids is 1. The Morgan fingerprint density at radius 1 is 1.18 bits per heavy atom. The fourth-order valence-electron chi connectivity index (χ4n) is 3.97. The minimum absolute atomic E-state index is 0.0206. The highest BCUT2D eigenvalue weighted by atomic mass is 16.7. The topological polar surface area (TPSA) is 157 Å². The zero-order valence-electron chi connectivity index (χ0n) is 16.4. The van der Waals surface area contributed by atoms with Crippen molar-refractivity contribution in [3.8, 4) is 0 Å². The van der Waals surface area contributed by atoms with Gasteiger partial charge in [0.15, 0.2) is 6.29 Å². The fraction of sp³-hybridized carbons (Fsp3) is 0.842. The van der Waals surface area contributed by atoms with Gasteiger partial charge in [0.25, 0.3) is 0 Å². The van der Waals surface area contributed by atoms with Crippen molar-refractivity contribution < 1.29 is 44.9 Å². The molecule has 1 aliphatic carbocycles. The predicted octanol–water partition coefficient (Wildman–Crippen LogP) is -1.52. The van der Waals surface area contributed by atoms with E-state index in [0.29, 0.717) is 0 Å². The molecule has 0 amide bonds. The maximum atomic E-state index is 11.9. The van der Waals surface area contributed by atoms with Crippen molar-refractivity contribution in [2.24, 2.45) is 11.3 Å². The summed E-state index contributed by atoms with van der Waals surface area (Å²) in [7, 11) is 0. The lowest BCUT2D eigenvalue weighted by Crippen LogP contribution is -2.59. The van der Waals surface area contributed by atoms with Crippen molar-refractivity contribution in [3.05, 3.63) is 12.2 Å². The zero-order chi connectivity index (χ0) is 21.3. The summed E-state index contributed by atoms with van der Waals surface area (Å²) in [4.78, 5) is 11.9. The molecule has 9 nitrogen and oxygen atoms in total. The van der Waals surface area contributed by atoms with E-state index in [4.69, 9.17) is 9.47 Å². The Balaban J connectivity index is 2.11. The molecule has 2 rings (SSSR count). The second-order valence-electron chi connectivity index (χ2n) is 8.41. The van der Waals surface area contributed by atoms with Gasteiger partial charge in [0.2, 0.25) is 0 Å². The summed E-state index contributed by atoms with van der Waals surface area (Å²) >= 11 is 0. The second-order valence-corrected chi connectivity index (χ2v) is 8.41. The molecule has 1 saturated heterocycles. The summed E-state index contributed by atoms with van der Waals surface area (Å²) in [5, 5.41) is 59.7. The Hall–Kier alpha value is -0.910. The molecule has 0 spiro atoms. The van der Waals surface area contributed by atoms with Crippen molar-refractivity contribution in [2.75, 3.05) is 13.2 Å². The quantitative estimate of drug-likeness (QED) is 0.289. The van der Waals surface area contributed by atoms with Gasteiger partial charge in [0.05, 0.1) is 18.3 Å². The maximum absolute atomic E-state index is 11.9. The summed E-state index contributed by atoms with van der Waals surface area (Å²) in [6.07, 6.45) is -4.32. The number of rotatable bonds is 6. The number of hydrogen-bond donors (Lipinski definition) is 6. The molecule has 0 radical (unpaired) electrons. The fourth-order valence-corrected chi connectivity index (χ4v) is 3.97. The average molecular weight is 404 g/mol. The van der Waals surface area contributed by atoms with E-state index in [1.807, 2.05) is 0 Å². The first-order valence-corrected chi connectivity index (χ1v) is 9.47. The molecule has 2 fully saturated rings. The van der Waals surface area contributed by atoms with Crippen LogP contribution in [0.15, 0.2) is 12.2 Å². The van der Waals surface area contributed by atoms with Gasteiger partial charge in [-0.1, -0.05) is 26.0 Å². The summed E-state index contributed by atoms with van der Waals surface area (Å²) in [5.41, 5.74) is -2.24. The van der Waals surface area contributed by atoms with Crippen LogP contribution >= 0.6 is 0 Å². The highest BCUT2D eigenvalue weighted by Crippen LogP contribution is 2.46. The van der Waals surface area contributed by atoms with Crippen LogP contribution in [0.5, 0.6) is 0 Å². The lowest BCUT2D eigenvalue weighted by atomic mass is 9.60. The summed E-state index contributed by atoms with van der Waals surface area (Å²) in [6.45, 7) is 4.21. The first-order chi connectivity index (χ1) is 13.0. The van der Waals surface area contributed by atoms with Crippen LogP contribution in [-0.2, 0) is 14.3 Å². The van der Waals surface area contributed by atoms with E-state index in [9.17, 15) is 35.4 Å². The molecule has 0 bridgehead atoms. The zero-order valence-corrected chi connectivity index (χ0v) is 16.4. The highest BCUT2D eigenvalue weighted by Gasteiger charge is 2.52. The molecule has 1 aliphatic heterocycles. The van der Waals surface area contributed by atoms with Gasteiger partial charge in [-0.25, -0.2) is 0 Å². The van der Waals surface area contributed by atoms with Crippen LogP contribution in [0.1, 0.15) is 33.6 Å². The molecular weight excluding hydrogens is 372 g/mol. The molecule has 2 aliphatic rings. The lowest BCUT2D eigenvalue weighted by molar-refractivity contribution is -0.306. The molecule has 162 valence electrons. The normalized spacial score (nSPS) is 42.7. The van der Waals surface area contributed by atoms with Crippen LogP contribution in [0.3, 0.4) is 0 Å². The monoisotopic (exact) mass is 404 g/mol. The third kappa shape index (κ3) is 4.47. The van der Waals surface area contributed by atoms with E-state index in [1.165, 1.54) is 12.2 Å². The van der Waals surface area contributed by atoms with E-state index >= 15 is 0 Å². The number of carbonyl (C=O) groups is 1. The van der Waals surface area contributed by atoms with Gasteiger partial charge in [0, 0.05) is 30.8 Å². The Kier molecular flexibility index (Phi) is 7.38. The van der Waals surface area contributed by atoms with E-state index in [-0.39, 0.29) is 25.2 Å². The molecule has 28 heavy (non-hydrogen) atoms. The van der Waals surface area contributed by atoms with E-state index in [2.05, 4.69) is 0 Å². The molecule has 0 aromatic carbocycles. The van der Waals surface area contributed by atoms with Crippen LogP contribution in [0.2, 0.25) is 0 Å². The molecular formula is C19H32O9. The van der Waals surface area contributed by atoms with E-state index in [0.717, 1.165) is 0 Å². The molecule has 9 heteroatoms. The number of aliphatic hydroxyl groups excluding tert-OH is 5.